The van der Waals surface area contributed by atoms with Gasteiger partial charge in [0, 0.05) is 24.2 Å². The Morgan fingerprint density at radius 1 is 1.03 bits per heavy atom. The van der Waals surface area contributed by atoms with Crippen molar-refractivity contribution in [2.45, 2.75) is 38.3 Å². The van der Waals surface area contributed by atoms with Gasteiger partial charge in [-0.05, 0) is 62.7 Å². The maximum atomic E-state index is 13.8. The summed E-state index contributed by atoms with van der Waals surface area (Å²) in [6.45, 7) is 5.21. The molecule has 3 aromatic carbocycles. The molecule has 0 unspecified atom stereocenters. The van der Waals surface area contributed by atoms with Crippen molar-refractivity contribution < 1.29 is 22.7 Å². The van der Waals surface area contributed by atoms with Crippen molar-refractivity contribution in [3.8, 4) is 5.75 Å². The van der Waals surface area contributed by atoms with Gasteiger partial charge in [0.2, 0.25) is 11.8 Å². The number of aryl methyl sites for hydroxylation is 1. The molecule has 202 valence electrons. The van der Waals surface area contributed by atoms with Crippen LogP contribution in [0, 0.1) is 6.92 Å². The number of anilines is 1. The van der Waals surface area contributed by atoms with Gasteiger partial charge >= 0.3 is 0 Å². The molecule has 0 radical (unpaired) electrons. The lowest BCUT2D eigenvalue weighted by Gasteiger charge is -2.32. The Hall–Kier alpha value is -3.56. The number of rotatable bonds is 11. The fraction of sp³-hybridized carbons (Fsp3) is 0.286. The van der Waals surface area contributed by atoms with Gasteiger partial charge in [-0.1, -0.05) is 47.5 Å². The van der Waals surface area contributed by atoms with Gasteiger partial charge in [0.05, 0.1) is 17.7 Å². The number of amides is 2. The zero-order valence-corrected chi connectivity index (χ0v) is 23.4. The van der Waals surface area contributed by atoms with E-state index in [0.29, 0.717) is 17.3 Å². The molecule has 0 saturated heterocycles. The minimum Gasteiger partial charge on any atom is -0.497 e. The zero-order chi connectivity index (χ0) is 27.9. The van der Waals surface area contributed by atoms with E-state index >= 15 is 0 Å². The van der Waals surface area contributed by atoms with Gasteiger partial charge in [-0.15, -0.1) is 0 Å². The molecule has 38 heavy (non-hydrogen) atoms. The molecule has 0 heterocycles. The number of carbonyl (C=O) groups is 2. The molecule has 0 saturated carbocycles. The maximum absolute atomic E-state index is 13.8. The molecule has 10 heteroatoms. The van der Waals surface area contributed by atoms with Crippen LogP contribution in [0.25, 0.3) is 0 Å². The third kappa shape index (κ3) is 7.05. The van der Waals surface area contributed by atoms with E-state index in [4.69, 9.17) is 16.3 Å². The number of nitrogens with zero attached hydrogens (tertiary/aromatic N) is 2. The molecule has 8 nitrogen and oxygen atoms in total. The van der Waals surface area contributed by atoms with E-state index in [9.17, 15) is 18.0 Å². The SMILES string of the molecule is CCNC(=O)[C@@H](C)N(Cc1ccc(Cl)cc1)C(=O)CN(c1cccc(OC)c1)S(=O)(=O)c1ccc(C)cc1. The van der Waals surface area contributed by atoms with E-state index in [1.807, 2.05) is 6.92 Å². The Morgan fingerprint density at radius 3 is 2.29 bits per heavy atom. The molecule has 0 aliphatic carbocycles. The number of likely N-dealkylation sites (N-methyl/N-ethyl adjacent to an activating group) is 1. The fourth-order valence-electron chi connectivity index (χ4n) is 3.82. The Bertz CT molecular complexity index is 1360. The summed E-state index contributed by atoms with van der Waals surface area (Å²) in [4.78, 5) is 28.0. The van der Waals surface area contributed by atoms with Crippen LogP contribution in [0.5, 0.6) is 5.75 Å². The summed E-state index contributed by atoms with van der Waals surface area (Å²) in [5.74, 6) is -0.450. The third-order valence-electron chi connectivity index (χ3n) is 6.01. The highest BCUT2D eigenvalue weighted by Gasteiger charge is 2.32. The summed E-state index contributed by atoms with van der Waals surface area (Å²) in [6, 6.07) is 18.9. The van der Waals surface area contributed by atoms with Gasteiger partial charge in [0.15, 0.2) is 0 Å². The Morgan fingerprint density at radius 2 is 1.68 bits per heavy atom. The molecule has 1 atom stereocenters. The number of ether oxygens (including phenoxy) is 1. The minimum absolute atomic E-state index is 0.0414. The maximum Gasteiger partial charge on any atom is 0.264 e. The van der Waals surface area contributed by atoms with Crippen LogP contribution in [0.1, 0.15) is 25.0 Å². The average molecular weight is 558 g/mol. The van der Waals surface area contributed by atoms with E-state index in [-0.39, 0.29) is 23.0 Å². The van der Waals surface area contributed by atoms with E-state index in [2.05, 4.69) is 5.32 Å². The van der Waals surface area contributed by atoms with Crippen molar-refractivity contribution in [3.63, 3.8) is 0 Å². The number of halogens is 1. The van der Waals surface area contributed by atoms with Crippen LogP contribution in [-0.2, 0) is 26.2 Å². The number of sulfonamides is 1. The molecule has 0 bridgehead atoms. The van der Waals surface area contributed by atoms with Crippen molar-refractivity contribution in [1.29, 1.82) is 0 Å². The number of carbonyl (C=O) groups excluding carboxylic acids is 2. The fourth-order valence-corrected chi connectivity index (χ4v) is 5.35. The predicted molar refractivity (Wildman–Crippen MR) is 149 cm³/mol. The Balaban J connectivity index is 2.04. The van der Waals surface area contributed by atoms with Crippen molar-refractivity contribution in [3.05, 3.63) is 88.9 Å². The van der Waals surface area contributed by atoms with Crippen molar-refractivity contribution >= 4 is 39.1 Å². The van der Waals surface area contributed by atoms with E-state index in [0.717, 1.165) is 15.4 Å². The summed E-state index contributed by atoms with van der Waals surface area (Å²) in [7, 11) is -2.67. The molecule has 2 amide bonds. The van der Waals surface area contributed by atoms with Crippen molar-refractivity contribution in [2.24, 2.45) is 0 Å². The van der Waals surface area contributed by atoms with Crippen molar-refractivity contribution in [1.82, 2.24) is 10.2 Å². The highest BCUT2D eigenvalue weighted by Crippen LogP contribution is 2.28. The summed E-state index contributed by atoms with van der Waals surface area (Å²) in [5.41, 5.74) is 1.90. The number of nitrogens with one attached hydrogen (secondary N) is 1. The third-order valence-corrected chi connectivity index (χ3v) is 8.05. The molecular formula is C28H32ClN3O5S. The van der Waals surface area contributed by atoms with Gasteiger partial charge in [-0.2, -0.15) is 0 Å². The topological polar surface area (TPSA) is 96.0 Å². The van der Waals surface area contributed by atoms with Crippen LogP contribution in [0.3, 0.4) is 0 Å². The largest absolute Gasteiger partial charge is 0.497 e. The predicted octanol–water partition coefficient (Wildman–Crippen LogP) is 4.41. The lowest BCUT2D eigenvalue weighted by molar-refractivity contribution is -0.139. The first-order valence-electron chi connectivity index (χ1n) is 12.1. The Kier molecular flexibility index (Phi) is 9.77. The first kappa shape index (κ1) is 29.0. The van der Waals surface area contributed by atoms with Crippen LogP contribution in [0.15, 0.2) is 77.7 Å². The standard InChI is InChI=1S/C28H32ClN3O5S/c1-5-30-28(34)21(3)31(18-22-11-13-23(29)14-12-22)27(33)19-32(24-7-6-8-25(17-24)37-4)38(35,36)26-15-9-20(2)10-16-26/h6-17,21H,5,18-19H2,1-4H3,(H,30,34)/t21-/m1/s1. The van der Waals surface area contributed by atoms with Gasteiger partial charge in [0.25, 0.3) is 10.0 Å². The number of benzene rings is 3. The van der Waals surface area contributed by atoms with Crippen LogP contribution >= 0.6 is 11.6 Å². The van der Waals surface area contributed by atoms with Crippen LogP contribution < -0.4 is 14.4 Å². The molecule has 0 aromatic heterocycles. The zero-order valence-electron chi connectivity index (χ0n) is 21.8. The lowest BCUT2D eigenvalue weighted by atomic mass is 10.1. The van der Waals surface area contributed by atoms with E-state index < -0.39 is 28.5 Å². The first-order chi connectivity index (χ1) is 18.1. The Labute approximate surface area is 229 Å². The number of hydrogen-bond donors (Lipinski definition) is 1. The van der Waals surface area contributed by atoms with E-state index in [1.165, 1.54) is 24.1 Å². The van der Waals surface area contributed by atoms with Gasteiger partial charge in [-0.3, -0.25) is 13.9 Å². The second-order valence-electron chi connectivity index (χ2n) is 8.74. The quantitative estimate of drug-likeness (QED) is 0.377. The summed E-state index contributed by atoms with van der Waals surface area (Å²) < 4.78 is 34.0. The molecule has 0 spiro atoms. The van der Waals surface area contributed by atoms with Gasteiger partial charge < -0.3 is 15.0 Å². The molecule has 1 N–H and O–H groups in total. The van der Waals surface area contributed by atoms with Crippen LogP contribution in [-0.4, -0.2) is 51.4 Å². The lowest BCUT2D eigenvalue weighted by Crippen LogP contribution is -2.51. The molecule has 3 rings (SSSR count). The van der Waals surface area contributed by atoms with Crippen molar-refractivity contribution in [2.75, 3.05) is 24.5 Å². The van der Waals surface area contributed by atoms with Gasteiger partial charge in [0.1, 0.15) is 18.3 Å². The molecule has 0 aliphatic rings. The van der Waals surface area contributed by atoms with E-state index in [1.54, 1.807) is 74.5 Å². The summed E-state index contributed by atoms with van der Waals surface area (Å²) in [5, 5.41) is 3.27. The first-order valence-corrected chi connectivity index (χ1v) is 13.9. The van der Waals surface area contributed by atoms with Gasteiger partial charge in [-0.25, -0.2) is 8.42 Å². The highest BCUT2D eigenvalue weighted by molar-refractivity contribution is 7.92. The summed E-state index contributed by atoms with van der Waals surface area (Å²) >= 11 is 6.02. The smallest absolute Gasteiger partial charge is 0.264 e. The second-order valence-corrected chi connectivity index (χ2v) is 11.0. The highest BCUT2D eigenvalue weighted by atomic mass is 35.5. The minimum atomic E-state index is -4.15. The summed E-state index contributed by atoms with van der Waals surface area (Å²) in [6.07, 6.45) is 0. The molecule has 0 fully saturated rings. The molecule has 3 aromatic rings. The van der Waals surface area contributed by atoms with Crippen LogP contribution in [0.2, 0.25) is 5.02 Å². The second kappa shape index (κ2) is 12.8. The average Bonchev–Trinajstić information content (AvgIpc) is 2.91. The normalized spacial score (nSPS) is 11.9. The number of hydrogen-bond acceptors (Lipinski definition) is 5. The number of methoxy groups -OCH3 is 1. The monoisotopic (exact) mass is 557 g/mol. The molecular weight excluding hydrogens is 526 g/mol. The molecule has 0 aliphatic heterocycles. The van der Waals surface area contributed by atoms with Crippen LogP contribution in [0.4, 0.5) is 5.69 Å².